The highest BCUT2D eigenvalue weighted by atomic mass is 16.6. The predicted octanol–water partition coefficient (Wildman–Crippen LogP) is -2.17. The maximum Gasteiger partial charge on any atom is 0.351 e. The molecule has 8 heteroatoms. The summed E-state index contributed by atoms with van der Waals surface area (Å²) in [5, 5.41) is 28.8. The summed E-state index contributed by atoms with van der Waals surface area (Å²) in [5.74, 6) is 0.0502. The highest BCUT2D eigenvalue weighted by Gasteiger charge is 2.51. The Labute approximate surface area is 102 Å². The zero-order valence-corrected chi connectivity index (χ0v) is 9.72. The standard InChI is InChI=1S/C10H15N3O5/c1-10(4-14)7(16)6(15)8(18-10)13-3-2-5(11)12-9(13)17/h2-3,6-8,14-16H,4H2,1H3,(H2,11,12,17)/t6-,7+,8-,10-/m1/s1. The third-order valence-corrected chi connectivity index (χ3v) is 3.07. The second-order valence-electron chi connectivity index (χ2n) is 4.46. The van der Waals surface area contributed by atoms with Crippen molar-refractivity contribution in [2.24, 2.45) is 0 Å². The van der Waals surface area contributed by atoms with Crippen molar-refractivity contribution in [1.82, 2.24) is 9.55 Å². The number of rotatable bonds is 2. The minimum atomic E-state index is -1.34. The van der Waals surface area contributed by atoms with Crippen LogP contribution in [0.4, 0.5) is 5.82 Å². The van der Waals surface area contributed by atoms with Crippen LogP contribution in [-0.2, 0) is 4.74 Å². The number of nitrogens with zero attached hydrogens (tertiary/aromatic N) is 2. The third kappa shape index (κ3) is 1.89. The number of ether oxygens (including phenoxy) is 1. The average molecular weight is 257 g/mol. The van der Waals surface area contributed by atoms with Crippen molar-refractivity contribution >= 4 is 5.82 Å². The lowest BCUT2D eigenvalue weighted by Crippen LogP contribution is -2.43. The van der Waals surface area contributed by atoms with E-state index in [1.807, 2.05) is 0 Å². The first-order valence-electron chi connectivity index (χ1n) is 5.38. The van der Waals surface area contributed by atoms with E-state index in [2.05, 4.69) is 4.98 Å². The average Bonchev–Trinajstić information content (AvgIpc) is 2.55. The molecule has 0 unspecified atom stereocenters. The minimum Gasteiger partial charge on any atom is -0.393 e. The Morgan fingerprint density at radius 2 is 2.28 bits per heavy atom. The number of aliphatic hydroxyl groups excluding tert-OH is 3. The van der Waals surface area contributed by atoms with Gasteiger partial charge >= 0.3 is 5.69 Å². The SMILES string of the molecule is C[C@]1(CO)O[C@@H](n2ccc(N)nc2=O)[C@H](O)[C@@H]1O. The first-order chi connectivity index (χ1) is 8.39. The van der Waals surface area contributed by atoms with Crippen LogP contribution in [0.25, 0.3) is 0 Å². The topological polar surface area (TPSA) is 131 Å². The lowest BCUT2D eigenvalue weighted by Gasteiger charge is -2.24. The second kappa shape index (κ2) is 4.32. The van der Waals surface area contributed by atoms with Crippen molar-refractivity contribution < 1.29 is 20.1 Å². The lowest BCUT2D eigenvalue weighted by atomic mass is 9.99. The molecule has 1 saturated heterocycles. The Balaban J connectivity index is 2.38. The third-order valence-electron chi connectivity index (χ3n) is 3.07. The van der Waals surface area contributed by atoms with Crippen molar-refractivity contribution in [3.63, 3.8) is 0 Å². The number of hydrogen-bond donors (Lipinski definition) is 4. The molecule has 4 atom stereocenters. The number of aliphatic hydroxyl groups is 3. The summed E-state index contributed by atoms with van der Waals surface area (Å²) in [4.78, 5) is 15.1. The highest BCUT2D eigenvalue weighted by Crippen LogP contribution is 2.35. The number of hydrogen-bond acceptors (Lipinski definition) is 7. The van der Waals surface area contributed by atoms with E-state index < -0.39 is 36.3 Å². The Kier molecular flexibility index (Phi) is 3.11. The van der Waals surface area contributed by atoms with Crippen LogP contribution >= 0.6 is 0 Å². The van der Waals surface area contributed by atoms with Crippen molar-refractivity contribution in [2.75, 3.05) is 12.3 Å². The molecule has 1 aromatic rings. The lowest BCUT2D eigenvalue weighted by molar-refractivity contribution is -0.117. The van der Waals surface area contributed by atoms with Gasteiger partial charge in [-0.1, -0.05) is 0 Å². The van der Waals surface area contributed by atoms with E-state index in [1.165, 1.54) is 19.2 Å². The number of anilines is 1. The van der Waals surface area contributed by atoms with Gasteiger partial charge in [0.15, 0.2) is 6.23 Å². The van der Waals surface area contributed by atoms with Gasteiger partial charge in [0.25, 0.3) is 0 Å². The minimum absolute atomic E-state index is 0.0502. The monoisotopic (exact) mass is 257 g/mol. The van der Waals surface area contributed by atoms with Gasteiger partial charge in [-0.15, -0.1) is 0 Å². The molecular weight excluding hydrogens is 242 g/mol. The molecule has 0 spiro atoms. The fourth-order valence-corrected chi connectivity index (χ4v) is 1.90. The molecule has 100 valence electrons. The molecule has 1 fully saturated rings. The van der Waals surface area contributed by atoms with Gasteiger partial charge in [0, 0.05) is 6.20 Å². The van der Waals surface area contributed by atoms with Gasteiger partial charge in [-0.05, 0) is 13.0 Å². The molecular formula is C10H15N3O5. The van der Waals surface area contributed by atoms with E-state index in [1.54, 1.807) is 0 Å². The summed E-state index contributed by atoms with van der Waals surface area (Å²) in [5.41, 5.74) is 3.32. The molecule has 2 heterocycles. The second-order valence-corrected chi connectivity index (χ2v) is 4.46. The van der Waals surface area contributed by atoms with Crippen LogP contribution < -0.4 is 11.4 Å². The van der Waals surface area contributed by atoms with Gasteiger partial charge in [-0.3, -0.25) is 4.57 Å². The quantitative estimate of drug-likeness (QED) is 0.474. The first-order valence-corrected chi connectivity index (χ1v) is 5.38. The molecule has 0 saturated carbocycles. The van der Waals surface area contributed by atoms with Gasteiger partial charge in [-0.2, -0.15) is 4.98 Å². The van der Waals surface area contributed by atoms with E-state index in [0.29, 0.717) is 0 Å². The number of nitrogens with two attached hydrogens (primary N) is 1. The van der Waals surface area contributed by atoms with Crippen molar-refractivity contribution in [1.29, 1.82) is 0 Å². The molecule has 1 aromatic heterocycles. The Bertz CT molecular complexity index is 505. The zero-order valence-electron chi connectivity index (χ0n) is 9.72. The molecule has 0 aromatic carbocycles. The summed E-state index contributed by atoms with van der Waals surface area (Å²) >= 11 is 0. The fraction of sp³-hybridized carbons (Fsp3) is 0.600. The molecule has 0 bridgehead atoms. The summed E-state index contributed by atoms with van der Waals surface area (Å²) < 4.78 is 6.38. The fourth-order valence-electron chi connectivity index (χ4n) is 1.90. The van der Waals surface area contributed by atoms with E-state index in [4.69, 9.17) is 10.5 Å². The summed E-state index contributed by atoms with van der Waals surface area (Å²) in [6.07, 6.45) is -2.45. The zero-order chi connectivity index (χ0) is 13.5. The van der Waals surface area contributed by atoms with Gasteiger partial charge in [0.05, 0.1) is 6.61 Å². The van der Waals surface area contributed by atoms with Crippen LogP contribution in [0, 0.1) is 0 Å². The Hall–Kier alpha value is -1.48. The van der Waals surface area contributed by atoms with Crippen LogP contribution in [0.2, 0.25) is 0 Å². The van der Waals surface area contributed by atoms with E-state index in [-0.39, 0.29) is 5.82 Å². The first kappa shape index (κ1) is 13.0. The van der Waals surface area contributed by atoms with Crippen molar-refractivity contribution in [3.8, 4) is 0 Å². The van der Waals surface area contributed by atoms with Crippen LogP contribution in [0.15, 0.2) is 17.1 Å². The van der Waals surface area contributed by atoms with Crippen LogP contribution in [-0.4, -0.2) is 49.3 Å². The van der Waals surface area contributed by atoms with Gasteiger partial charge < -0.3 is 25.8 Å². The molecule has 0 amide bonds. The van der Waals surface area contributed by atoms with Crippen LogP contribution in [0.1, 0.15) is 13.2 Å². The maximum atomic E-state index is 11.6. The summed E-state index contributed by atoms with van der Waals surface area (Å²) in [7, 11) is 0. The Morgan fingerprint density at radius 3 is 2.78 bits per heavy atom. The molecule has 1 aliphatic heterocycles. The molecule has 8 nitrogen and oxygen atoms in total. The normalized spacial score (nSPS) is 35.9. The number of aromatic nitrogens is 2. The predicted molar refractivity (Wildman–Crippen MR) is 60.5 cm³/mol. The maximum absolute atomic E-state index is 11.6. The molecule has 5 N–H and O–H groups in total. The summed E-state index contributed by atoms with van der Waals surface area (Å²) in [6, 6.07) is 1.37. The van der Waals surface area contributed by atoms with E-state index in [9.17, 15) is 20.1 Å². The Morgan fingerprint density at radius 1 is 1.61 bits per heavy atom. The highest BCUT2D eigenvalue weighted by molar-refractivity contribution is 5.23. The smallest absolute Gasteiger partial charge is 0.351 e. The van der Waals surface area contributed by atoms with Crippen molar-refractivity contribution in [3.05, 3.63) is 22.7 Å². The van der Waals surface area contributed by atoms with Gasteiger partial charge in [0.2, 0.25) is 0 Å². The van der Waals surface area contributed by atoms with Gasteiger partial charge in [0.1, 0.15) is 23.6 Å². The molecule has 2 rings (SSSR count). The van der Waals surface area contributed by atoms with Gasteiger partial charge in [-0.25, -0.2) is 4.79 Å². The van der Waals surface area contributed by atoms with E-state index in [0.717, 1.165) is 4.57 Å². The van der Waals surface area contributed by atoms with Crippen LogP contribution in [0.5, 0.6) is 0 Å². The molecule has 0 radical (unpaired) electrons. The van der Waals surface area contributed by atoms with E-state index >= 15 is 0 Å². The van der Waals surface area contributed by atoms with Crippen molar-refractivity contribution in [2.45, 2.75) is 31.0 Å². The van der Waals surface area contributed by atoms with Crippen LogP contribution in [0.3, 0.4) is 0 Å². The molecule has 1 aliphatic rings. The molecule has 18 heavy (non-hydrogen) atoms. The largest absolute Gasteiger partial charge is 0.393 e. The number of nitrogen functional groups attached to an aromatic ring is 1. The molecule has 0 aliphatic carbocycles. The summed E-state index contributed by atoms with van der Waals surface area (Å²) in [6.45, 7) is 0.954.